The van der Waals surface area contributed by atoms with Gasteiger partial charge in [-0.3, -0.25) is 0 Å². The molecule has 2 aromatic rings. The van der Waals surface area contributed by atoms with Gasteiger partial charge in [0.05, 0.1) is 0 Å². The fourth-order valence-electron chi connectivity index (χ4n) is 2.77. The molecule has 1 atom stereocenters. The van der Waals surface area contributed by atoms with Gasteiger partial charge in [-0.25, -0.2) is 4.39 Å². The van der Waals surface area contributed by atoms with Crippen molar-refractivity contribution in [2.24, 2.45) is 0 Å². The smallest absolute Gasteiger partial charge is 0.126 e. The highest BCUT2D eigenvalue weighted by Gasteiger charge is 2.39. The molecule has 0 heterocycles. The van der Waals surface area contributed by atoms with Gasteiger partial charge in [-0.2, -0.15) is 0 Å². The summed E-state index contributed by atoms with van der Waals surface area (Å²) < 4.78 is 13.7. The molecule has 2 heteroatoms. The van der Waals surface area contributed by atoms with Crippen molar-refractivity contribution in [3.63, 3.8) is 0 Å². The first-order valence-electron chi connectivity index (χ1n) is 6.19. The molecule has 92 valence electrons. The van der Waals surface area contributed by atoms with Gasteiger partial charge < -0.3 is 5.11 Å². The minimum atomic E-state index is -1.04. The third kappa shape index (κ3) is 1.57. The zero-order valence-electron chi connectivity index (χ0n) is 10.3. The van der Waals surface area contributed by atoms with Crippen LogP contribution in [0.2, 0.25) is 0 Å². The fraction of sp³-hybridized carbons (Fsp3) is 0.250. The largest absolute Gasteiger partial charge is 0.380 e. The second kappa shape index (κ2) is 3.92. The van der Waals surface area contributed by atoms with Crippen LogP contribution in [0, 0.1) is 12.7 Å². The van der Waals surface area contributed by atoms with Gasteiger partial charge in [0.2, 0.25) is 0 Å². The number of hydrogen-bond acceptors (Lipinski definition) is 1. The lowest BCUT2D eigenvalue weighted by atomic mass is 9.87. The van der Waals surface area contributed by atoms with Crippen molar-refractivity contribution in [3.05, 3.63) is 70.5 Å². The summed E-state index contributed by atoms with van der Waals surface area (Å²) in [6.07, 6.45) is 1.14. The van der Waals surface area contributed by atoms with Crippen molar-refractivity contribution >= 4 is 0 Å². The summed E-state index contributed by atoms with van der Waals surface area (Å²) in [4.78, 5) is 0. The van der Waals surface area contributed by atoms with Crippen molar-refractivity contribution in [2.45, 2.75) is 25.4 Å². The second-order valence-corrected chi connectivity index (χ2v) is 4.99. The first-order chi connectivity index (χ1) is 8.61. The zero-order chi connectivity index (χ0) is 12.8. The Hall–Kier alpha value is -1.67. The standard InChI is InChI=1S/C16H15FO/c1-11-5-7-12(8-6-11)16(18)10-9-13-14(16)3-2-4-15(13)17/h2-8,18H,9-10H2,1H3. The van der Waals surface area contributed by atoms with Gasteiger partial charge >= 0.3 is 0 Å². The molecule has 0 saturated carbocycles. The molecule has 0 saturated heterocycles. The van der Waals surface area contributed by atoms with Crippen LogP contribution in [0.5, 0.6) is 0 Å². The molecule has 1 nitrogen and oxygen atoms in total. The topological polar surface area (TPSA) is 20.2 Å². The third-order valence-corrected chi connectivity index (χ3v) is 3.83. The highest BCUT2D eigenvalue weighted by molar-refractivity contribution is 5.46. The Balaban J connectivity index is 2.14. The molecular weight excluding hydrogens is 227 g/mol. The Bertz CT molecular complexity index is 589. The molecule has 0 bridgehead atoms. The molecule has 0 fully saturated rings. The lowest BCUT2D eigenvalue weighted by Gasteiger charge is -2.24. The second-order valence-electron chi connectivity index (χ2n) is 4.99. The maximum absolute atomic E-state index is 13.7. The van der Waals surface area contributed by atoms with Crippen LogP contribution >= 0.6 is 0 Å². The van der Waals surface area contributed by atoms with Gasteiger partial charge in [0.25, 0.3) is 0 Å². The van der Waals surface area contributed by atoms with Crippen molar-refractivity contribution in [3.8, 4) is 0 Å². The molecule has 1 unspecified atom stereocenters. The molecule has 0 aliphatic heterocycles. The quantitative estimate of drug-likeness (QED) is 0.813. The van der Waals surface area contributed by atoms with Crippen LogP contribution in [0.25, 0.3) is 0 Å². The highest BCUT2D eigenvalue weighted by atomic mass is 19.1. The Morgan fingerprint density at radius 3 is 2.56 bits per heavy atom. The molecule has 1 aliphatic carbocycles. The molecule has 2 aromatic carbocycles. The first-order valence-corrected chi connectivity index (χ1v) is 6.19. The highest BCUT2D eigenvalue weighted by Crippen LogP contribution is 2.42. The van der Waals surface area contributed by atoms with E-state index in [9.17, 15) is 9.50 Å². The van der Waals surface area contributed by atoms with E-state index in [1.165, 1.54) is 6.07 Å². The zero-order valence-corrected chi connectivity index (χ0v) is 10.3. The molecule has 18 heavy (non-hydrogen) atoms. The Kier molecular flexibility index (Phi) is 2.49. The van der Waals surface area contributed by atoms with E-state index in [0.29, 0.717) is 24.0 Å². The lowest BCUT2D eigenvalue weighted by Crippen LogP contribution is -2.23. The van der Waals surface area contributed by atoms with Gasteiger partial charge in [0.15, 0.2) is 0 Å². The molecule has 0 radical (unpaired) electrons. The summed E-state index contributed by atoms with van der Waals surface area (Å²) in [6, 6.07) is 12.8. The van der Waals surface area contributed by atoms with E-state index in [4.69, 9.17) is 0 Å². The van der Waals surface area contributed by atoms with Crippen molar-refractivity contribution in [2.75, 3.05) is 0 Å². The van der Waals surface area contributed by atoms with E-state index >= 15 is 0 Å². The molecule has 1 N–H and O–H groups in total. The summed E-state index contributed by atoms with van der Waals surface area (Å²) in [5.74, 6) is -0.212. The summed E-state index contributed by atoms with van der Waals surface area (Å²) in [5.41, 5.74) is 2.33. The SMILES string of the molecule is Cc1ccc(C2(O)CCc3c(F)cccc32)cc1. The molecule has 0 aromatic heterocycles. The predicted octanol–water partition coefficient (Wildman–Crippen LogP) is 3.32. The molecular formula is C16H15FO. The van der Waals surface area contributed by atoms with E-state index < -0.39 is 5.60 Å². The molecule has 0 amide bonds. The Labute approximate surface area is 106 Å². The predicted molar refractivity (Wildman–Crippen MR) is 68.9 cm³/mol. The van der Waals surface area contributed by atoms with Crippen LogP contribution in [0.4, 0.5) is 4.39 Å². The van der Waals surface area contributed by atoms with Crippen LogP contribution in [0.3, 0.4) is 0 Å². The first kappa shape index (κ1) is 11.4. The van der Waals surface area contributed by atoms with Gasteiger partial charge in [-0.15, -0.1) is 0 Å². The maximum atomic E-state index is 13.7. The van der Waals surface area contributed by atoms with E-state index in [0.717, 1.165) is 11.1 Å². The van der Waals surface area contributed by atoms with Crippen molar-refractivity contribution in [1.82, 2.24) is 0 Å². The summed E-state index contributed by atoms with van der Waals surface area (Å²) >= 11 is 0. The van der Waals surface area contributed by atoms with Crippen molar-refractivity contribution < 1.29 is 9.50 Å². The van der Waals surface area contributed by atoms with Gasteiger partial charge in [0.1, 0.15) is 11.4 Å². The number of fused-ring (bicyclic) bond motifs is 1. The lowest BCUT2D eigenvalue weighted by molar-refractivity contribution is 0.0829. The number of benzene rings is 2. The Morgan fingerprint density at radius 1 is 1.11 bits per heavy atom. The van der Waals surface area contributed by atoms with Crippen molar-refractivity contribution in [1.29, 1.82) is 0 Å². The molecule has 0 spiro atoms. The number of rotatable bonds is 1. The van der Waals surface area contributed by atoms with Crippen LogP contribution < -0.4 is 0 Å². The minimum Gasteiger partial charge on any atom is -0.380 e. The van der Waals surface area contributed by atoms with Crippen LogP contribution in [-0.4, -0.2) is 5.11 Å². The van der Waals surface area contributed by atoms with Crippen LogP contribution in [-0.2, 0) is 12.0 Å². The van der Waals surface area contributed by atoms with Crippen LogP contribution in [0.15, 0.2) is 42.5 Å². The number of aliphatic hydroxyl groups is 1. The normalized spacial score (nSPS) is 21.9. The van der Waals surface area contributed by atoms with Crippen LogP contribution in [0.1, 0.15) is 28.7 Å². The Morgan fingerprint density at radius 2 is 1.83 bits per heavy atom. The number of aryl methyl sites for hydroxylation is 1. The number of halogens is 1. The van der Waals surface area contributed by atoms with Gasteiger partial charge in [-0.1, -0.05) is 42.0 Å². The van der Waals surface area contributed by atoms with Gasteiger partial charge in [0, 0.05) is 0 Å². The number of hydrogen-bond donors (Lipinski definition) is 1. The monoisotopic (exact) mass is 242 g/mol. The third-order valence-electron chi connectivity index (χ3n) is 3.83. The molecule has 1 aliphatic rings. The summed E-state index contributed by atoms with van der Waals surface area (Å²) in [6.45, 7) is 2.01. The maximum Gasteiger partial charge on any atom is 0.126 e. The van der Waals surface area contributed by atoms with E-state index in [1.54, 1.807) is 6.07 Å². The fourth-order valence-corrected chi connectivity index (χ4v) is 2.77. The van der Waals surface area contributed by atoms with E-state index in [-0.39, 0.29) is 5.82 Å². The average molecular weight is 242 g/mol. The van der Waals surface area contributed by atoms with Gasteiger partial charge in [-0.05, 0) is 42.5 Å². The van der Waals surface area contributed by atoms with E-state index in [2.05, 4.69) is 0 Å². The molecule has 3 rings (SSSR count). The summed E-state index contributed by atoms with van der Waals surface area (Å²) in [5, 5.41) is 10.9. The summed E-state index contributed by atoms with van der Waals surface area (Å²) in [7, 11) is 0. The minimum absolute atomic E-state index is 0.212. The average Bonchev–Trinajstić information content (AvgIpc) is 2.71. The van der Waals surface area contributed by atoms with E-state index in [1.807, 2.05) is 37.3 Å².